The first-order valence-corrected chi connectivity index (χ1v) is 9.33. The number of rotatable bonds is 4. The topological polar surface area (TPSA) is 65.1 Å². The van der Waals surface area contributed by atoms with Crippen LogP contribution >= 0.6 is 0 Å². The van der Waals surface area contributed by atoms with E-state index in [1.165, 1.54) is 0 Å². The van der Waals surface area contributed by atoms with Crippen LogP contribution in [0.3, 0.4) is 0 Å². The zero-order valence-corrected chi connectivity index (χ0v) is 16.4. The van der Waals surface area contributed by atoms with Crippen LogP contribution in [0.1, 0.15) is 34.1 Å². The molecule has 2 aliphatic rings. The highest BCUT2D eigenvalue weighted by molar-refractivity contribution is 5.80. The standard InChI is InChI=1S/C18H34N4O3/c1-14(12-21-10-8-20(5)9-11-21)19-16(23)15-6-7-22(13-15)17(24)25-18(2,3)4/h14-15H,6-13H2,1-5H3,(H,19,23). The summed E-state index contributed by atoms with van der Waals surface area (Å²) in [6.45, 7) is 13.8. The van der Waals surface area contributed by atoms with Crippen molar-refractivity contribution in [3.8, 4) is 0 Å². The average molecular weight is 354 g/mol. The highest BCUT2D eigenvalue weighted by atomic mass is 16.6. The molecule has 0 radical (unpaired) electrons. The zero-order valence-electron chi connectivity index (χ0n) is 16.4. The Hall–Kier alpha value is -1.34. The van der Waals surface area contributed by atoms with Crippen molar-refractivity contribution in [3.05, 3.63) is 0 Å². The molecule has 0 aliphatic carbocycles. The third-order valence-corrected chi connectivity index (χ3v) is 4.73. The zero-order chi connectivity index (χ0) is 18.6. The van der Waals surface area contributed by atoms with E-state index in [9.17, 15) is 9.59 Å². The lowest BCUT2D eigenvalue weighted by molar-refractivity contribution is -0.125. The number of likely N-dealkylation sites (tertiary alicyclic amines) is 1. The largest absolute Gasteiger partial charge is 0.444 e. The van der Waals surface area contributed by atoms with Crippen molar-refractivity contribution < 1.29 is 14.3 Å². The molecule has 2 rings (SSSR count). The third kappa shape index (κ3) is 6.47. The second-order valence-electron chi connectivity index (χ2n) is 8.43. The number of likely N-dealkylation sites (N-methyl/N-ethyl adjacent to an activating group) is 1. The van der Waals surface area contributed by atoms with Crippen LogP contribution in [0.2, 0.25) is 0 Å². The number of carbonyl (C=O) groups excluding carboxylic acids is 2. The lowest BCUT2D eigenvalue weighted by Crippen LogP contribution is -2.50. The van der Waals surface area contributed by atoms with E-state index in [2.05, 4.69) is 29.1 Å². The smallest absolute Gasteiger partial charge is 0.410 e. The molecule has 7 heteroatoms. The summed E-state index contributed by atoms with van der Waals surface area (Å²) in [5.41, 5.74) is -0.506. The molecular weight excluding hydrogens is 320 g/mol. The van der Waals surface area contributed by atoms with Crippen LogP contribution in [0.15, 0.2) is 0 Å². The molecule has 0 saturated carbocycles. The highest BCUT2D eigenvalue weighted by Gasteiger charge is 2.33. The Bertz CT molecular complexity index is 469. The average Bonchev–Trinajstić information content (AvgIpc) is 2.98. The van der Waals surface area contributed by atoms with E-state index >= 15 is 0 Å². The molecular formula is C18H34N4O3. The summed E-state index contributed by atoms with van der Waals surface area (Å²) < 4.78 is 5.38. The Balaban J connectivity index is 1.73. The van der Waals surface area contributed by atoms with Gasteiger partial charge in [0.25, 0.3) is 0 Å². The van der Waals surface area contributed by atoms with E-state index in [1.807, 2.05) is 20.8 Å². The number of amides is 2. The molecule has 2 saturated heterocycles. The molecule has 0 aromatic rings. The molecule has 0 bridgehead atoms. The first-order valence-electron chi connectivity index (χ1n) is 9.33. The van der Waals surface area contributed by atoms with Gasteiger partial charge in [-0.1, -0.05) is 0 Å². The SMILES string of the molecule is CC(CN1CCN(C)CC1)NC(=O)C1CCN(C(=O)OC(C)(C)C)C1. The molecule has 1 N–H and O–H groups in total. The molecule has 2 heterocycles. The van der Waals surface area contributed by atoms with Crippen molar-refractivity contribution in [3.63, 3.8) is 0 Å². The molecule has 0 aromatic heterocycles. The monoisotopic (exact) mass is 354 g/mol. The van der Waals surface area contributed by atoms with Crippen LogP contribution in [-0.2, 0) is 9.53 Å². The summed E-state index contributed by atoms with van der Waals surface area (Å²) in [7, 11) is 2.14. The number of carbonyl (C=O) groups is 2. The quantitative estimate of drug-likeness (QED) is 0.816. The lowest BCUT2D eigenvalue weighted by Gasteiger charge is -2.34. The Morgan fingerprint density at radius 1 is 1.16 bits per heavy atom. The summed E-state index contributed by atoms with van der Waals surface area (Å²) in [5.74, 6) is -0.0878. The van der Waals surface area contributed by atoms with E-state index in [-0.39, 0.29) is 24.0 Å². The van der Waals surface area contributed by atoms with Gasteiger partial charge in [-0.05, 0) is 41.2 Å². The third-order valence-electron chi connectivity index (χ3n) is 4.73. The van der Waals surface area contributed by atoms with Crippen molar-refractivity contribution >= 4 is 12.0 Å². The van der Waals surface area contributed by atoms with Crippen molar-refractivity contribution in [1.29, 1.82) is 0 Å². The number of nitrogens with zero attached hydrogens (tertiary/aromatic N) is 3. The van der Waals surface area contributed by atoms with Crippen LogP contribution in [0.5, 0.6) is 0 Å². The first kappa shape index (κ1) is 20.0. The number of nitrogens with one attached hydrogen (secondary N) is 1. The predicted octanol–water partition coefficient (Wildman–Crippen LogP) is 0.996. The molecule has 2 aliphatic heterocycles. The van der Waals surface area contributed by atoms with Gasteiger partial charge in [0, 0.05) is 51.9 Å². The number of piperazine rings is 1. The molecule has 144 valence electrons. The minimum atomic E-state index is -0.506. The van der Waals surface area contributed by atoms with Crippen molar-refractivity contribution in [2.75, 3.05) is 52.9 Å². The van der Waals surface area contributed by atoms with Crippen LogP contribution in [0, 0.1) is 5.92 Å². The normalized spacial score (nSPS) is 24.2. The van der Waals surface area contributed by atoms with Crippen LogP contribution < -0.4 is 5.32 Å². The van der Waals surface area contributed by atoms with E-state index in [4.69, 9.17) is 4.74 Å². The Labute approximate surface area is 151 Å². The van der Waals surface area contributed by atoms with Crippen molar-refractivity contribution in [1.82, 2.24) is 20.0 Å². The van der Waals surface area contributed by atoms with E-state index in [1.54, 1.807) is 4.90 Å². The van der Waals surface area contributed by atoms with Gasteiger partial charge < -0.3 is 19.9 Å². The first-order chi connectivity index (χ1) is 11.6. The van der Waals surface area contributed by atoms with Gasteiger partial charge >= 0.3 is 6.09 Å². The number of ether oxygens (including phenoxy) is 1. The Kier molecular flexibility index (Phi) is 6.68. The summed E-state index contributed by atoms with van der Waals surface area (Å²) in [5, 5.41) is 3.12. The van der Waals surface area contributed by atoms with Gasteiger partial charge in [-0.3, -0.25) is 9.69 Å². The van der Waals surface area contributed by atoms with Gasteiger partial charge in [0.2, 0.25) is 5.91 Å². The number of hydrogen-bond acceptors (Lipinski definition) is 5. The summed E-state index contributed by atoms with van der Waals surface area (Å²) in [4.78, 5) is 30.9. The molecule has 7 nitrogen and oxygen atoms in total. The molecule has 2 atom stereocenters. The van der Waals surface area contributed by atoms with Gasteiger partial charge in [-0.2, -0.15) is 0 Å². The van der Waals surface area contributed by atoms with Crippen LogP contribution in [0.25, 0.3) is 0 Å². The maximum absolute atomic E-state index is 12.5. The van der Waals surface area contributed by atoms with Gasteiger partial charge in [0.05, 0.1) is 5.92 Å². The minimum absolute atomic E-state index is 0.0488. The predicted molar refractivity (Wildman–Crippen MR) is 97.5 cm³/mol. The van der Waals surface area contributed by atoms with Gasteiger partial charge in [-0.25, -0.2) is 4.79 Å². The second kappa shape index (κ2) is 8.36. The summed E-state index contributed by atoms with van der Waals surface area (Å²) >= 11 is 0. The maximum Gasteiger partial charge on any atom is 0.410 e. The van der Waals surface area contributed by atoms with Gasteiger partial charge in [0.1, 0.15) is 5.60 Å². The van der Waals surface area contributed by atoms with E-state index < -0.39 is 5.60 Å². The molecule has 2 unspecified atom stereocenters. The van der Waals surface area contributed by atoms with Gasteiger partial charge in [-0.15, -0.1) is 0 Å². The second-order valence-corrected chi connectivity index (χ2v) is 8.43. The number of hydrogen-bond donors (Lipinski definition) is 1. The maximum atomic E-state index is 12.5. The highest BCUT2D eigenvalue weighted by Crippen LogP contribution is 2.19. The summed E-state index contributed by atoms with van der Waals surface area (Å²) in [6.07, 6.45) is 0.375. The fourth-order valence-corrected chi connectivity index (χ4v) is 3.29. The van der Waals surface area contributed by atoms with Gasteiger partial charge in [0.15, 0.2) is 0 Å². The lowest BCUT2D eigenvalue weighted by atomic mass is 10.1. The fourth-order valence-electron chi connectivity index (χ4n) is 3.29. The fraction of sp³-hybridized carbons (Fsp3) is 0.889. The van der Waals surface area contributed by atoms with Crippen molar-refractivity contribution in [2.24, 2.45) is 5.92 Å². The van der Waals surface area contributed by atoms with Crippen molar-refractivity contribution in [2.45, 2.75) is 45.8 Å². The molecule has 0 spiro atoms. The van der Waals surface area contributed by atoms with E-state index in [0.29, 0.717) is 19.5 Å². The van der Waals surface area contributed by atoms with Crippen LogP contribution in [-0.4, -0.2) is 91.2 Å². The Morgan fingerprint density at radius 2 is 1.80 bits per heavy atom. The molecule has 2 fully saturated rings. The van der Waals surface area contributed by atoms with Crippen LogP contribution in [0.4, 0.5) is 4.79 Å². The summed E-state index contributed by atoms with van der Waals surface area (Å²) in [6, 6.07) is 0.117. The minimum Gasteiger partial charge on any atom is -0.444 e. The van der Waals surface area contributed by atoms with E-state index in [0.717, 1.165) is 32.7 Å². The Morgan fingerprint density at radius 3 is 2.40 bits per heavy atom. The molecule has 25 heavy (non-hydrogen) atoms. The molecule has 2 amide bonds. The molecule has 0 aromatic carbocycles.